The average Bonchev–Trinajstić information content (AvgIpc) is 2.69. The summed E-state index contributed by atoms with van der Waals surface area (Å²) < 4.78 is 5.77. The third-order valence-electron chi connectivity index (χ3n) is 4.39. The molecular weight excluding hydrogens is 274 g/mol. The molecule has 0 bridgehead atoms. The zero-order valence-corrected chi connectivity index (χ0v) is 12.7. The van der Waals surface area contributed by atoms with Gasteiger partial charge in [0.05, 0.1) is 16.9 Å². The highest BCUT2D eigenvalue weighted by molar-refractivity contribution is 6.21. The van der Waals surface area contributed by atoms with E-state index in [0.717, 1.165) is 36.3 Å². The Labute approximate surface area is 124 Å². The van der Waals surface area contributed by atoms with Gasteiger partial charge in [-0.2, -0.15) is 0 Å². The molecule has 3 nitrogen and oxygen atoms in total. The molecule has 2 aliphatic rings. The Bertz CT molecular complexity index is 535. The first-order chi connectivity index (χ1) is 9.50. The van der Waals surface area contributed by atoms with Crippen molar-refractivity contribution in [1.29, 1.82) is 0 Å². The molecule has 20 heavy (non-hydrogen) atoms. The molecule has 108 valence electrons. The molecule has 0 aliphatic carbocycles. The summed E-state index contributed by atoms with van der Waals surface area (Å²) in [4.78, 5) is 12.0. The van der Waals surface area contributed by atoms with Crippen molar-refractivity contribution in [2.45, 2.75) is 50.0 Å². The van der Waals surface area contributed by atoms with Crippen LogP contribution in [0.25, 0.3) is 0 Å². The van der Waals surface area contributed by atoms with Crippen molar-refractivity contribution in [2.24, 2.45) is 0 Å². The van der Waals surface area contributed by atoms with E-state index in [1.54, 1.807) is 0 Å². The molecule has 2 aliphatic heterocycles. The van der Waals surface area contributed by atoms with Crippen molar-refractivity contribution in [2.75, 3.05) is 11.9 Å². The van der Waals surface area contributed by atoms with Crippen LogP contribution in [0, 0.1) is 0 Å². The molecule has 1 aromatic rings. The van der Waals surface area contributed by atoms with Gasteiger partial charge in [-0.25, -0.2) is 0 Å². The van der Waals surface area contributed by atoms with Gasteiger partial charge in [0.25, 0.3) is 0 Å². The zero-order chi connectivity index (χ0) is 14.3. The molecule has 0 radical (unpaired) electrons. The van der Waals surface area contributed by atoms with Gasteiger partial charge in [0.1, 0.15) is 0 Å². The van der Waals surface area contributed by atoms with E-state index in [1.165, 1.54) is 6.42 Å². The highest BCUT2D eigenvalue weighted by Gasteiger charge is 2.39. The standard InChI is InChI=1S/C16H20ClNO2/c1-16(2)11-9-10(6-7-12(11)18-15(16)19)14(17)13-5-3-4-8-20-13/h6-7,9,13-14H,3-5,8H2,1-2H3,(H,18,19). The maximum atomic E-state index is 12.0. The van der Waals surface area contributed by atoms with Crippen LogP contribution in [0.4, 0.5) is 5.69 Å². The number of halogens is 1. The fourth-order valence-electron chi connectivity index (χ4n) is 2.97. The summed E-state index contributed by atoms with van der Waals surface area (Å²) in [5, 5.41) is 2.77. The minimum Gasteiger partial charge on any atom is -0.376 e. The zero-order valence-electron chi connectivity index (χ0n) is 11.9. The van der Waals surface area contributed by atoms with E-state index < -0.39 is 5.41 Å². The fraction of sp³-hybridized carbons (Fsp3) is 0.562. The first-order valence-electron chi connectivity index (χ1n) is 7.22. The summed E-state index contributed by atoms with van der Waals surface area (Å²) in [7, 11) is 0. The van der Waals surface area contributed by atoms with Crippen molar-refractivity contribution in [3.8, 4) is 0 Å². The molecule has 0 saturated carbocycles. The van der Waals surface area contributed by atoms with Crippen LogP contribution >= 0.6 is 11.6 Å². The smallest absolute Gasteiger partial charge is 0.234 e. The van der Waals surface area contributed by atoms with Gasteiger partial charge in [-0.1, -0.05) is 12.1 Å². The molecule has 2 unspecified atom stereocenters. The Balaban J connectivity index is 1.89. The minimum absolute atomic E-state index is 0.0460. The first kappa shape index (κ1) is 13.9. The minimum atomic E-state index is -0.491. The topological polar surface area (TPSA) is 38.3 Å². The highest BCUT2D eigenvalue weighted by Crippen LogP contribution is 2.40. The van der Waals surface area contributed by atoms with Gasteiger partial charge >= 0.3 is 0 Å². The van der Waals surface area contributed by atoms with E-state index in [4.69, 9.17) is 16.3 Å². The van der Waals surface area contributed by atoms with Crippen LogP contribution in [0.5, 0.6) is 0 Å². The third kappa shape index (κ3) is 2.23. The molecule has 3 rings (SSSR count). The monoisotopic (exact) mass is 293 g/mol. The molecule has 1 fully saturated rings. The van der Waals surface area contributed by atoms with Crippen LogP contribution in [0.1, 0.15) is 49.6 Å². The summed E-state index contributed by atoms with van der Waals surface area (Å²) >= 11 is 6.59. The second-order valence-corrected chi connectivity index (χ2v) is 6.66. The third-order valence-corrected chi connectivity index (χ3v) is 4.93. The van der Waals surface area contributed by atoms with Crippen LogP contribution in [0.3, 0.4) is 0 Å². The van der Waals surface area contributed by atoms with Crippen LogP contribution in [0.2, 0.25) is 0 Å². The van der Waals surface area contributed by atoms with Gasteiger partial charge in [-0.05, 0) is 50.3 Å². The van der Waals surface area contributed by atoms with Gasteiger partial charge in [0.15, 0.2) is 0 Å². The predicted molar refractivity (Wildman–Crippen MR) is 80.3 cm³/mol. The van der Waals surface area contributed by atoms with Gasteiger partial charge in [-0.15, -0.1) is 11.6 Å². The van der Waals surface area contributed by atoms with E-state index in [9.17, 15) is 4.79 Å². The van der Waals surface area contributed by atoms with Crippen molar-refractivity contribution in [3.05, 3.63) is 29.3 Å². The molecule has 0 aromatic heterocycles. The number of nitrogens with one attached hydrogen (secondary N) is 1. The van der Waals surface area contributed by atoms with Crippen molar-refractivity contribution < 1.29 is 9.53 Å². The molecule has 1 aromatic carbocycles. The SMILES string of the molecule is CC1(C)C(=O)Nc2ccc(C(Cl)C3CCCCO3)cc21. The second kappa shape index (κ2) is 5.05. The van der Waals surface area contributed by atoms with E-state index in [2.05, 4.69) is 11.4 Å². The number of alkyl halides is 1. The number of rotatable bonds is 2. The largest absolute Gasteiger partial charge is 0.376 e. The van der Waals surface area contributed by atoms with Crippen LogP contribution in [0.15, 0.2) is 18.2 Å². The number of hydrogen-bond donors (Lipinski definition) is 1. The number of amides is 1. The van der Waals surface area contributed by atoms with Crippen LogP contribution in [-0.2, 0) is 14.9 Å². The van der Waals surface area contributed by atoms with Crippen LogP contribution < -0.4 is 5.32 Å². The number of anilines is 1. The van der Waals surface area contributed by atoms with Gasteiger partial charge in [-0.3, -0.25) is 4.79 Å². The van der Waals surface area contributed by atoms with Crippen molar-refractivity contribution >= 4 is 23.2 Å². The Kier molecular flexibility index (Phi) is 3.51. The lowest BCUT2D eigenvalue weighted by Gasteiger charge is -2.27. The number of benzene rings is 1. The van der Waals surface area contributed by atoms with E-state index >= 15 is 0 Å². The average molecular weight is 294 g/mol. The summed E-state index contributed by atoms with van der Waals surface area (Å²) in [6.07, 6.45) is 3.38. The summed E-state index contributed by atoms with van der Waals surface area (Å²) in [5.74, 6) is 0.0460. The van der Waals surface area contributed by atoms with Gasteiger partial charge < -0.3 is 10.1 Å². The number of carbonyl (C=O) groups is 1. The number of hydrogen-bond acceptors (Lipinski definition) is 2. The Hall–Kier alpha value is -1.06. The quantitative estimate of drug-likeness (QED) is 0.843. The van der Waals surface area contributed by atoms with E-state index in [1.807, 2.05) is 26.0 Å². The summed E-state index contributed by atoms with van der Waals surface area (Å²) in [5.41, 5.74) is 2.48. The molecule has 1 saturated heterocycles. The van der Waals surface area contributed by atoms with Gasteiger partial charge in [0.2, 0.25) is 5.91 Å². The Morgan fingerprint density at radius 3 is 2.90 bits per heavy atom. The van der Waals surface area contributed by atoms with Gasteiger partial charge in [0, 0.05) is 12.3 Å². The van der Waals surface area contributed by atoms with Crippen LogP contribution in [-0.4, -0.2) is 18.6 Å². The summed E-state index contributed by atoms with van der Waals surface area (Å²) in [6, 6.07) is 6.01. The highest BCUT2D eigenvalue weighted by atomic mass is 35.5. The molecular formula is C16H20ClNO2. The normalized spacial score (nSPS) is 25.9. The lowest BCUT2D eigenvalue weighted by atomic mass is 9.84. The van der Waals surface area contributed by atoms with E-state index in [-0.39, 0.29) is 17.4 Å². The number of carbonyl (C=O) groups excluding carboxylic acids is 1. The number of fused-ring (bicyclic) bond motifs is 1. The maximum Gasteiger partial charge on any atom is 0.234 e. The Morgan fingerprint density at radius 2 is 2.20 bits per heavy atom. The molecule has 1 amide bonds. The molecule has 2 atom stereocenters. The molecule has 0 spiro atoms. The fourth-order valence-corrected chi connectivity index (χ4v) is 3.31. The molecule has 4 heteroatoms. The lowest BCUT2D eigenvalue weighted by molar-refractivity contribution is -0.119. The maximum absolute atomic E-state index is 12.0. The van der Waals surface area contributed by atoms with E-state index in [0.29, 0.717) is 0 Å². The summed E-state index contributed by atoms with van der Waals surface area (Å²) in [6.45, 7) is 4.68. The number of ether oxygens (including phenoxy) is 1. The lowest BCUT2D eigenvalue weighted by Crippen LogP contribution is -2.27. The van der Waals surface area contributed by atoms with Crippen molar-refractivity contribution in [1.82, 2.24) is 0 Å². The van der Waals surface area contributed by atoms with Crippen molar-refractivity contribution in [3.63, 3.8) is 0 Å². The first-order valence-corrected chi connectivity index (χ1v) is 7.65. The Morgan fingerprint density at radius 1 is 1.40 bits per heavy atom. The second-order valence-electron chi connectivity index (χ2n) is 6.19. The molecule has 1 N–H and O–H groups in total. The predicted octanol–water partition coefficient (Wildman–Crippen LogP) is 3.77. The molecule has 2 heterocycles.